The Morgan fingerprint density at radius 1 is 1.38 bits per heavy atom. The van der Waals surface area contributed by atoms with Crippen molar-refractivity contribution in [1.82, 2.24) is 20.1 Å². The Bertz CT molecular complexity index is 684. The van der Waals surface area contributed by atoms with Crippen LogP contribution in [0.15, 0.2) is 35.5 Å². The molecule has 0 bridgehead atoms. The van der Waals surface area contributed by atoms with Gasteiger partial charge in [-0.05, 0) is 38.1 Å². The number of nitrogens with zero attached hydrogens (tertiary/aromatic N) is 2. The second-order valence-electron chi connectivity index (χ2n) is 5.06. The number of aromatic amines is 1. The number of anilines is 1. The third-order valence-corrected chi connectivity index (χ3v) is 3.60. The highest BCUT2D eigenvalue weighted by Crippen LogP contribution is 2.19. The molecule has 1 amide bonds. The Morgan fingerprint density at radius 2 is 2.19 bits per heavy atom. The molecule has 0 aromatic carbocycles. The van der Waals surface area contributed by atoms with Crippen molar-refractivity contribution in [3.05, 3.63) is 46.6 Å². The zero-order chi connectivity index (χ0) is 14.7. The summed E-state index contributed by atoms with van der Waals surface area (Å²) in [5, 5.41) is 10.3. The summed E-state index contributed by atoms with van der Waals surface area (Å²) in [5.74, 6) is -0.429. The molecule has 7 nitrogen and oxygen atoms in total. The van der Waals surface area contributed by atoms with Gasteiger partial charge in [0, 0.05) is 12.4 Å². The van der Waals surface area contributed by atoms with E-state index in [9.17, 15) is 9.59 Å². The molecule has 0 aliphatic carbocycles. The number of hydrogen-bond donors (Lipinski definition) is 3. The first-order chi connectivity index (χ1) is 10.2. The van der Waals surface area contributed by atoms with Crippen molar-refractivity contribution >= 4 is 11.6 Å². The molecule has 2 aromatic heterocycles. The minimum atomic E-state index is -0.429. The van der Waals surface area contributed by atoms with Gasteiger partial charge in [0.1, 0.15) is 5.56 Å². The van der Waals surface area contributed by atoms with Gasteiger partial charge in [-0.15, -0.1) is 0 Å². The molecular weight excluding hydrogens is 270 g/mol. The maximum atomic E-state index is 12.0. The van der Waals surface area contributed by atoms with Crippen LogP contribution in [0, 0.1) is 0 Å². The van der Waals surface area contributed by atoms with E-state index in [1.54, 1.807) is 12.3 Å². The topological polar surface area (TPSA) is 91.8 Å². The standard InChI is InChI=1S/C14H17N5O2/c20-13-12(2-1-5-16-13)14(21)18-10-8-17-19(9-10)11-3-6-15-7-4-11/h1-2,5,8-9,11,15H,3-4,6-7H2,(H,16,20)(H,18,21). The van der Waals surface area contributed by atoms with E-state index in [0.29, 0.717) is 11.7 Å². The lowest BCUT2D eigenvalue weighted by Gasteiger charge is -2.22. The van der Waals surface area contributed by atoms with Crippen LogP contribution in [0.25, 0.3) is 0 Å². The molecule has 2 aromatic rings. The van der Waals surface area contributed by atoms with Crippen LogP contribution in [0.3, 0.4) is 0 Å². The van der Waals surface area contributed by atoms with Gasteiger partial charge in [-0.3, -0.25) is 14.3 Å². The summed E-state index contributed by atoms with van der Waals surface area (Å²) in [4.78, 5) is 26.1. The van der Waals surface area contributed by atoms with Crippen LogP contribution in [-0.4, -0.2) is 33.8 Å². The largest absolute Gasteiger partial charge is 0.328 e. The van der Waals surface area contributed by atoms with Gasteiger partial charge in [0.15, 0.2) is 0 Å². The SMILES string of the molecule is O=C(Nc1cnn(C2CCNCC2)c1)c1ccc[nH]c1=O. The molecule has 21 heavy (non-hydrogen) atoms. The van der Waals surface area contributed by atoms with Crippen LogP contribution in [-0.2, 0) is 0 Å². The number of nitrogens with one attached hydrogen (secondary N) is 3. The Morgan fingerprint density at radius 3 is 2.95 bits per heavy atom. The molecule has 1 fully saturated rings. The number of carbonyl (C=O) groups excluding carboxylic acids is 1. The normalized spacial score (nSPS) is 15.8. The molecule has 7 heteroatoms. The molecule has 1 aliphatic heterocycles. The Labute approximate surface area is 121 Å². The molecule has 3 N–H and O–H groups in total. The second kappa shape index (κ2) is 5.92. The van der Waals surface area contributed by atoms with E-state index >= 15 is 0 Å². The zero-order valence-corrected chi connectivity index (χ0v) is 11.5. The number of rotatable bonds is 3. The monoisotopic (exact) mass is 287 g/mol. The summed E-state index contributed by atoms with van der Waals surface area (Å²) in [6.45, 7) is 1.96. The van der Waals surface area contributed by atoms with Crippen LogP contribution < -0.4 is 16.2 Å². The first kappa shape index (κ1) is 13.6. The van der Waals surface area contributed by atoms with Crippen molar-refractivity contribution in [1.29, 1.82) is 0 Å². The minimum absolute atomic E-state index is 0.0899. The summed E-state index contributed by atoms with van der Waals surface area (Å²) in [6, 6.07) is 3.47. The third-order valence-electron chi connectivity index (χ3n) is 3.60. The van der Waals surface area contributed by atoms with Gasteiger partial charge in [0.2, 0.25) is 0 Å². The molecule has 1 saturated heterocycles. The fraction of sp³-hybridized carbons (Fsp3) is 0.357. The predicted molar refractivity (Wildman–Crippen MR) is 78.4 cm³/mol. The molecule has 0 atom stereocenters. The number of piperidine rings is 1. The number of pyridine rings is 1. The molecule has 0 unspecified atom stereocenters. The number of H-pyrrole nitrogens is 1. The Hall–Kier alpha value is -2.41. The Kier molecular flexibility index (Phi) is 3.83. The van der Waals surface area contributed by atoms with Crippen LogP contribution in [0.5, 0.6) is 0 Å². The summed E-state index contributed by atoms with van der Waals surface area (Å²) in [6.07, 6.45) is 6.96. The summed E-state index contributed by atoms with van der Waals surface area (Å²) >= 11 is 0. The highest BCUT2D eigenvalue weighted by Gasteiger charge is 2.17. The average molecular weight is 287 g/mol. The van der Waals surface area contributed by atoms with Crippen molar-refractivity contribution in [2.24, 2.45) is 0 Å². The van der Waals surface area contributed by atoms with Crippen LogP contribution in [0.2, 0.25) is 0 Å². The van der Waals surface area contributed by atoms with E-state index in [1.807, 2.05) is 10.9 Å². The van der Waals surface area contributed by atoms with Crippen molar-refractivity contribution in [3.8, 4) is 0 Å². The van der Waals surface area contributed by atoms with E-state index in [-0.39, 0.29) is 5.56 Å². The van der Waals surface area contributed by atoms with E-state index < -0.39 is 11.5 Å². The third kappa shape index (κ3) is 3.03. The highest BCUT2D eigenvalue weighted by atomic mass is 16.2. The van der Waals surface area contributed by atoms with Gasteiger partial charge in [-0.25, -0.2) is 0 Å². The fourth-order valence-electron chi connectivity index (χ4n) is 2.47. The number of carbonyl (C=O) groups is 1. The highest BCUT2D eigenvalue weighted by molar-refractivity contribution is 6.03. The maximum Gasteiger partial charge on any atom is 0.261 e. The first-order valence-electron chi connectivity index (χ1n) is 6.98. The van der Waals surface area contributed by atoms with Gasteiger partial charge >= 0.3 is 0 Å². The van der Waals surface area contributed by atoms with E-state index in [4.69, 9.17) is 0 Å². The second-order valence-corrected chi connectivity index (χ2v) is 5.06. The number of hydrogen-bond acceptors (Lipinski definition) is 4. The van der Waals surface area contributed by atoms with Gasteiger partial charge in [-0.1, -0.05) is 0 Å². The maximum absolute atomic E-state index is 12.0. The number of amides is 1. The van der Waals surface area contributed by atoms with Crippen LogP contribution in [0.4, 0.5) is 5.69 Å². The van der Waals surface area contributed by atoms with Gasteiger partial charge < -0.3 is 15.6 Å². The van der Waals surface area contributed by atoms with Crippen molar-refractivity contribution in [3.63, 3.8) is 0 Å². The van der Waals surface area contributed by atoms with E-state index in [1.165, 1.54) is 12.3 Å². The average Bonchev–Trinajstić information content (AvgIpc) is 2.97. The van der Waals surface area contributed by atoms with Gasteiger partial charge in [0.05, 0.1) is 17.9 Å². The molecule has 3 heterocycles. The molecule has 0 saturated carbocycles. The van der Waals surface area contributed by atoms with Gasteiger partial charge in [0.25, 0.3) is 11.5 Å². The number of aromatic nitrogens is 3. The molecule has 0 spiro atoms. The van der Waals surface area contributed by atoms with Gasteiger partial charge in [-0.2, -0.15) is 5.10 Å². The minimum Gasteiger partial charge on any atom is -0.328 e. The predicted octanol–water partition coefficient (Wildman–Crippen LogP) is 0.748. The molecule has 3 rings (SSSR count). The molecule has 1 aliphatic rings. The summed E-state index contributed by atoms with van der Waals surface area (Å²) < 4.78 is 1.88. The Balaban J connectivity index is 1.71. The lowest BCUT2D eigenvalue weighted by Crippen LogP contribution is -2.29. The smallest absolute Gasteiger partial charge is 0.261 e. The van der Waals surface area contributed by atoms with E-state index in [0.717, 1.165) is 25.9 Å². The lowest BCUT2D eigenvalue weighted by atomic mass is 10.1. The molecule has 0 radical (unpaired) electrons. The summed E-state index contributed by atoms with van der Waals surface area (Å²) in [5.41, 5.74) is 0.287. The quantitative estimate of drug-likeness (QED) is 0.776. The van der Waals surface area contributed by atoms with Crippen molar-refractivity contribution < 1.29 is 4.79 Å². The lowest BCUT2D eigenvalue weighted by molar-refractivity contribution is 0.102. The van der Waals surface area contributed by atoms with Crippen molar-refractivity contribution in [2.75, 3.05) is 18.4 Å². The van der Waals surface area contributed by atoms with E-state index in [2.05, 4.69) is 20.7 Å². The molecular formula is C14H17N5O2. The van der Waals surface area contributed by atoms with Crippen LogP contribution >= 0.6 is 0 Å². The first-order valence-corrected chi connectivity index (χ1v) is 6.98. The molecule has 110 valence electrons. The van der Waals surface area contributed by atoms with Crippen molar-refractivity contribution in [2.45, 2.75) is 18.9 Å². The zero-order valence-electron chi connectivity index (χ0n) is 11.5. The summed E-state index contributed by atoms with van der Waals surface area (Å²) in [7, 11) is 0. The van der Waals surface area contributed by atoms with Crippen LogP contribution in [0.1, 0.15) is 29.2 Å². The fourth-order valence-corrected chi connectivity index (χ4v) is 2.47.